The van der Waals surface area contributed by atoms with Crippen LogP contribution in [0, 0.1) is 13.8 Å². The van der Waals surface area contributed by atoms with E-state index in [0.717, 1.165) is 36.3 Å². The van der Waals surface area contributed by atoms with Gasteiger partial charge in [-0.15, -0.1) is 0 Å². The number of likely N-dealkylation sites (tertiary alicyclic amines) is 1. The van der Waals surface area contributed by atoms with Crippen molar-refractivity contribution in [2.75, 3.05) is 6.54 Å². The molecule has 4 heterocycles. The highest BCUT2D eigenvalue weighted by Crippen LogP contribution is 2.32. The second-order valence-corrected chi connectivity index (χ2v) is 6.76. The molecule has 1 amide bonds. The highest BCUT2D eigenvalue weighted by atomic mass is 16.2. The molecule has 0 aliphatic carbocycles. The number of carbonyl (C=O) groups excluding carboxylic acids is 1. The van der Waals surface area contributed by atoms with Crippen LogP contribution in [0.3, 0.4) is 0 Å². The summed E-state index contributed by atoms with van der Waals surface area (Å²) < 4.78 is 1.74. The Morgan fingerprint density at radius 2 is 2.08 bits per heavy atom. The molecule has 7 nitrogen and oxygen atoms in total. The van der Waals surface area contributed by atoms with Gasteiger partial charge < -0.3 is 4.90 Å². The molecule has 1 unspecified atom stereocenters. The van der Waals surface area contributed by atoms with Crippen molar-refractivity contribution in [1.29, 1.82) is 0 Å². The zero-order valence-corrected chi connectivity index (χ0v) is 15.1. The van der Waals surface area contributed by atoms with Crippen molar-refractivity contribution in [2.45, 2.75) is 45.6 Å². The number of rotatable bonds is 4. The predicted octanol–water partition coefficient (Wildman–Crippen LogP) is 2.43. The molecule has 0 N–H and O–H groups in total. The first kappa shape index (κ1) is 16.6. The number of hydrogen-bond donors (Lipinski definition) is 0. The van der Waals surface area contributed by atoms with Gasteiger partial charge in [-0.25, -0.2) is 9.50 Å². The van der Waals surface area contributed by atoms with Crippen LogP contribution in [-0.4, -0.2) is 41.9 Å². The monoisotopic (exact) mass is 350 g/mol. The number of hydrogen-bond acceptors (Lipinski definition) is 5. The van der Waals surface area contributed by atoms with Crippen LogP contribution in [0.15, 0.2) is 30.9 Å². The van der Waals surface area contributed by atoms with Crippen LogP contribution in [0.2, 0.25) is 0 Å². The third-order valence-corrected chi connectivity index (χ3v) is 5.24. The molecular formula is C19H22N6O. The van der Waals surface area contributed by atoms with E-state index in [1.54, 1.807) is 16.9 Å². The summed E-state index contributed by atoms with van der Waals surface area (Å²) in [5.41, 5.74) is 4.17. The van der Waals surface area contributed by atoms with Crippen LogP contribution in [0.5, 0.6) is 0 Å². The van der Waals surface area contributed by atoms with Gasteiger partial charge in [0.15, 0.2) is 0 Å². The molecule has 0 saturated carbocycles. The van der Waals surface area contributed by atoms with Gasteiger partial charge in [0, 0.05) is 36.7 Å². The van der Waals surface area contributed by atoms with Crippen LogP contribution < -0.4 is 0 Å². The Morgan fingerprint density at radius 1 is 1.27 bits per heavy atom. The van der Waals surface area contributed by atoms with Gasteiger partial charge in [0.05, 0.1) is 6.04 Å². The van der Waals surface area contributed by atoms with E-state index in [9.17, 15) is 4.79 Å². The molecule has 1 atom stereocenters. The van der Waals surface area contributed by atoms with Crippen molar-refractivity contribution in [3.63, 3.8) is 0 Å². The van der Waals surface area contributed by atoms with E-state index in [-0.39, 0.29) is 11.9 Å². The number of aromatic nitrogens is 5. The standard InChI is InChI=1S/C19H22N6O/c1-13-16(14(2)25-19(23-13)21-12-22-25)5-6-18(26)24-11-3-4-17(24)15-7-9-20-10-8-15/h7-10,12,17H,3-6,11H2,1-2H3. The van der Waals surface area contributed by atoms with E-state index in [1.807, 2.05) is 30.9 Å². The molecule has 134 valence electrons. The Morgan fingerprint density at radius 3 is 2.88 bits per heavy atom. The van der Waals surface area contributed by atoms with Gasteiger partial charge in [0.2, 0.25) is 5.91 Å². The first-order valence-electron chi connectivity index (χ1n) is 9.00. The minimum Gasteiger partial charge on any atom is -0.336 e. The van der Waals surface area contributed by atoms with E-state index in [1.165, 1.54) is 11.9 Å². The lowest BCUT2D eigenvalue weighted by molar-refractivity contribution is -0.132. The molecule has 3 aromatic rings. The number of carbonyl (C=O) groups is 1. The molecular weight excluding hydrogens is 328 g/mol. The van der Waals surface area contributed by atoms with Crippen LogP contribution >= 0.6 is 0 Å². The van der Waals surface area contributed by atoms with Gasteiger partial charge >= 0.3 is 0 Å². The lowest BCUT2D eigenvalue weighted by Gasteiger charge is -2.25. The minimum absolute atomic E-state index is 0.170. The number of pyridine rings is 1. The number of fused-ring (bicyclic) bond motifs is 1. The summed E-state index contributed by atoms with van der Waals surface area (Å²) in [7, 11) is 0. The zero-order valence-electron chi connectivity index (χ0n) is 15.1. The minimum atomic E-state index is 0.170. The summed E-state index contributed by atoms with van der Waals surface area (Å²) >= 11 is 0. The fraction of sp³-hybridized carbons (Fsp3) is 0.421. The van der Waals surface area contributed by atoms with E-state index < -0.39 is 0 Å². The van der Waals surface area contributed by atoms with Crippen molar-refractivity contribution in [3.05, 3.63) is 53.4 Å². The summed E-state index contributed by atoms with van der Waals surface area (Å²) in [6, 6.07) is 4.18. The summed E-state index contributed by atoms with van der Waals surface area (Å²) in [5, 5.41) is 4.22. The van der Waals surface area contributed by atoms with Gasteiger partial charge in [0.25, 0.3) is 5.78 Å². The first-order chi connectivity index (χ1) is 12.6. The lowest BCUT2D eigenvalue weighted by atomic mass is 10.0. The number of amides is 1. The first-order valence-corrected chi connectivity index (χ1v) is 9.00. The maximum Gasteiger partial charge on any atom is 0.252 e. The molecule has 7 heteroatoms. The summed E-state index contributed by atoms with van der Waals surface area (Å²) in [6.07, 6.45) is 8.30. The van der Waals surface area contributed by atoms with E-state index >= 15 is 0 Å². The molecule has 0 aromatic carbocycles. The Hall–Kier alpha value is -2.83. The number of aryl methyl sites for hydroxylation is 2. The maximum absolute atomic E-state index is 12.9. The van der Waals surface area contributed by atoms with Gasteiger partial charge in [-0.05, 0) is 56.4 Å². The van der Waals surface area contributed by atoms with Crippen molar-refractivity contribution >= 4 is 11.7 Å². The Labute approximate surface area is 152 Å². The fourth-order valence-corrected chi connectivity index (χ4v) is 3.89. The molecule has 0 bridgehead atoms. The van der Waals surface area contributed by atoms with E-state index in [2.05, 4.69) is 20.1 Å². The Balaban J connectivity index is 1.50. The van der Waals surface area contributed by atoms with Crippen molar-refractivity contribution < 1.29 is 4.79 Å². The average Bonchev–Trinajstić information content (AvgIpc) is 3.31. The van der Waals surface area contributed by atoms with Gasteiger partial charge in [0.1, 0.15) is 6.33 Å². The highest BCUT2D eigenvalue weighted by Gasteiger charge is 2.29. The SMILES string of the molecule is Cc1nc2ncnn2c(C)c1CCC(=O)N1CCCC1c1ccncc1. The molecule has 0 spiro atoms. The smallest absolute Gasteiger partial charge is 0.252 e. The summed E-state index contributed by atoms with van der Waals surface area (Å²) in [6.45, 7) is 4.80. The molecule has 1 fully saturated rings. The number of nitrogens with zero attached hydrogens (tertiary/aromatic N) is 6. The topological polar surface area (TPSA) is 76.3 Å². The van der Waals surface area contributed by atoms with Crippen LogP contribution in [-0.2, 0) is 11.2 Å². The van der Waals surface area contributed by atoms with Gasteiger partial charge in [-0.1, -0.05) is 0 Å². The third kappa shape index (κ3) is 2.94. The van der Waals surface area contributed by atoms with Crippen LogP contribution in [0.4, 0.5) is 0 Å². The lowest BCUT2D eigenvalue weighted by Crippen LogP contribution is -2.30. The van der Waals surface area contributed by atoms with E-state index in [0.29, 0.717) is 18.6 Å². The van der Waals surface area contributed by atoms with Crippen molar-refractivity contribution in [2.24, 2.45) is 0 Å². The molecule has 26 heavy (non-hydrogen) atoms. The van der Waals surface area contributed by atoms with E-state index in [4.69, 9.17) is 0 Å². The van der Waals surface area contributed by atoms with Gasteiger partial charge in [-0.2, -0.15) is 10.1 Å². The maximum atomic E-state index is 12.9. The average molecular weight is 350 g/mol. The second kappa shape index (κ2) is 6.82. The zero-order chi connectivity index (χ0) is 18.1. The fourth-order valence-electron chi connectivity index (χ4n) is 3.89. The normalized spacial score (nSPS) is 17.2. The molecule has 4 rings (SSSR count). The van der Waals surface area contributed by atoms with Crippen molar-refractivity contribution in [1.82, 2.24) is 29.5 Å². The molecule has 3 aromatic heterocycles. The third-order valence-electron chi connectivity index (χ3n) is 5.24. The Kier molecular flexibility index (Phi) is 4.36. The van der Waals surface area contributed by atoms with Gasteiger partial charge in [-0.3, -0.25) is 9.78 Å². The van der Waals surface area contributed by atoms with Crippen molar-refractivity contribution in [3.8, 4) is 0 Å². The molecule has 1 aliphatic rings. The van der Waals surface area contributed by atoms with Crippen LogP contribution in [0.25, 0.3) is 5.78 Å². The highest BCUT2D eigenvalue weighted by molar-refractivity contribution is 5.77. The predicted molar refractivity (Wildman–Crippen MR) is 96.5 cm³/mol. The molecule has 0 radical (unpaired) electrons. The summed E-state index contributed by atoms with van der Waals surface area (Å²) in [4.78, 5) is 27.6. The molecule has 1 aliphatic heterocycles. The Bertz CT molecular complexity index is 936. The van der Waals surface area contributed by atoms with Crippen LogP contribution in [0.1, 0.15) is 47.8 Å². The largest absolute Gasteiger partial charge is 0.336 e. The quantitative estimate of drug-likeness (QED) is 0.722. The molecule has 1 saturated heterocycles. The summed E-state index contributed by atoms with van der Waals surface area (Å²) in [5.74, 6) is 0.800. The second-order valence-electron chi connectivity index (χ2n) is 6.76.